The predicted octanol–water partition coefficient (Wildman–Crippen LogP) is 2.12. The summed E-state index contributed by atoms with van der Waals surface area (Å²) in [6, 6.07) is 11.7. The zero-order valence-electron chi connectivity index (χ0n) is 18.0. The summed E-state index contributed by atoms with van der Waals surface area (Å²) in [7, 11) is 2.71. The second-order valence-corrected chi connectivity index (χ2v) is 6.25. The number of benzene rings is 2. The van der Waals surface area contributed by atoms with E-state index in [1.165, 1.54) is 20.4 Å². The molecule has 2 rings (SSSR count). The molecule has 0 radical (unpaired) electrons. The second-order valence-electron chi connectivity index (χ2n) is 6.25. The van der Waals surface area contributed by atoms with Gasteiger partial charge in [0.1, 0.15) is 12.2 Å². The molecule has 0 aliphatic rings. The van der Waals surface area contributed by atoms with Crippen molar-refractivity contribution in [2.24, 2.45) is 5.10 Å². The van der Waals surface area contributed by atoms with Gasteiger partial charge < -0.3 is 24.3 Å². The molecule has 10 nitrogen and oxygen atoms in total. The number of esters is 1. The lowest BCUT2D eigenvalue weighted by molar-refractivity contribution is -0.143. The van der Waals surface area contributed by atoms with Crippen LogP contribution in [0, 0.1) is 0 Å². The molecule has 0 atom stereocenters. The first kappa shape index (κ1) is 24.2. The summed E-state index contributed by atoms with van der Waals surface area (Å²) in [5.74, 6) is -0.154. The van der Waals surface area contributed by atoms with Crippen molar-refractivity contribution >= 4 is 29.7 Å². The number of hydrogen-bond donors (Lipinski definition) is 2. The number of nitrogens with one attached hydrogen (secondary N) is 2. The molecule has 2 N–H and O–H groups in total. The molecule has 10 heteroatoms. The molecule has 32 heavy (non-hydrogen) atoms. The molecule has 0 saturated heterocycles. The first-order chi connectivity index (χ1) is 15.4. The van der Waals surface area contributed by atoms with Crippen LogP contribution >= 0.6 is 0 Å². The molecule has 2 amide bonds. The summed E-state index contributed by atoms with van der Waals surface area (Å²) >= 11 is 0. The maximum Gasteiger partial charge on any atom is 0.343 e. The summed E-state index contributed by atoms with van der Waals surface area (Å²) in [5, 5.41) is 6.46. The Hall–Kier alpha value is -4.08. The highest BCUT2D eigenvalue weighted by Gasteiger charge is 2.10. The Morgan fingerprint density at radius 3 is 2.38 bits per heavy atom. The number of carbonyl (C=O) groups is 3. The second kappa shape index (κ2) is 12.6. The smallest absolute Gasteiger partial charge is 0.343 e. The summed E-state index contributed by atoms with van der Waals surface area (Å²) in [4.78, 5) is 35.1. The average Bonchev–Trinajstić information content (AvgIpc) is 2.79. The van der Waals surface area contributed by atoms with Crippen molar-refractivity contribution in [1.82, 2.24) is 5.43 Å². The predicted molar refractivity (Wildman–Crippen MR) is 117 cm³/mol. The van der Waals surface area contributed by atoms with Crippen LogP contribution in [-0.2, 0) is 19.1 Å². The van der Waals surface area contributed by atoms with E-state index in [-0.39, 0.29) is 6.61 Å². The Morgan fingerprint density at radius 2 is 1.72 bits per heavy atom. The Kier molecular flexibility index (Phi) is 9.51. The van der Waals surface area contributed by atoms with Gasteiger partial charge >= 0.3 is 5.97 Å². The van der Waals surface area contributed by atoms with E-state index in [4.69, 9.17) is 14.2 Å². The quantitative estimate of drug-likeness (QED) is 0.236. The molecule has 0 bridgehead atoms. The Morgan fingerprint density at radius 1 is 0.969 bits per heavy atom. The van der Waals surface area contributed by atoms with Gasteiger partial charge in [-0.3, -0.25) is 9.59 Å². The average molecular weight is 443 g/mol. The number of methoxy groups -OCH3 is 2. The van der Waals surface area contributed by atoms with Gasteiger partial charge in [-0.25, -0.2) is 10.2 Å². The van der Waals surface area contributed by atoms with E-state index in [1.807, 2.05) is 6.92 Å². The third kappa shape index (κ3) is 7.98. The lowest BCUT2D eigenvalue weighted by atomic mass is 10.2. The van der Waals surface area contributed by atoms with E-state index in [1.54, 1.807) is 42.5 Å². The molecule has 170 valence electrons. The molecule has 2 aromatic carbocycles. The van der Waals surface area contributed by atoms with Crippen LogP contribution in [0.1, 0.15) is 18.9 Å². The van der Waals surface area contributed by atoms with Crippen LogP contribution in [0.5, 0.6) is 17.2 Å². The van der Waals surface area contributed by atoms with Gasteiger partial charge in [-0.2, -0.15) is 5.10 Å². The van der Waals surface area contributed by atoms with Crippen molar-refractivity contribution in [3.05, 3.63) is 48.0 Å². The van der Waals surface area contributed by atoms with Crippen LogP contribution < -0.4 is 25.0 Å². The minimum Gasteiger partial charge on any atom is -0.494 e. The topological polar surface area (TPSA) is 125 Å². The lowest BCUT2D eigenvalue weighted by Crippen LogP contribution is -2.24. The fourth-order valence-corrected chi connectivity index (χ4v) is 2.45. The highest BCUT2D eigenvalue weighted by Crippen LogP contribution is 2.27. The highest BCUT2D eigenvalue weighted by atomic mass is 16.6. The van der Waals surface area contributed by atoms with E-state index in [0.29, 0.717) is 35.1 Å². The van der Waals surface area contributed by atoms with Gasteiger partial charge in [-0.1, -0.05) is 0 Å². The fraction of sp³-hybridized carbons (Fsp3) is 0.273. The Bertz CT molecular complexity index is 958. The number of anilines is 1. The van der Waals surface area contributed by atoms with E-state index in [2.05, 4.69) is 20.6 Å². The molecule has 0 aliphatic heterocycles. The van der Waals surface area contributed by atoms with Crippen LogP contribution in [0.15, 0.2) is 47.6 Å². The first-order valence-corrected chi connectivity index (χ1v) is 9.67. The number of carbonyl (C=O) groups excluding carboxylic acids is 3. The molecular weight excluding hydrogens is 418 g/mol. The zero-order valence-corrected chi connectivity index (χ0v) is 18.0. The van der Waals surface area contributed by atoms with Gasteiger partial charge in [0.15, 0.2) is 18.1 Å². The summed E-state index contributed by atoms with van der Waals surface area (Å²) in [6.07, 6.45) is 0.989. The maximum absolute atomic E-state index is 12.0. The summed E-state index contributed by atoms with van der Waals surface area (Å²) in [5.41, 5.74) is 3.45. The molecule has 0 aliphatic carbocycles. The number of nitrogens with zero attached hydrogens (tertiary/aromatic N) is 1. The van der Waals surface area contributed by atoms with Crippen molar-refractivity contribution in [3.8, 4) is 17.2 Å². The van der Waals surface area contributed by atoms with Gasteiger partial charge in [0.2, 0.25) is 11.8 Å². The van der Waals surface area contributed by atoms with E-state index in [9.17, 15) is 14.4 Å². The SMILES string of the molecule is CCOc1ccc(NC(=O)CC(=O)NN=Cc2ccc(OCC(=O)OC)c(OC)c2)cc1. The molecule has 0 heterocycles. The van der Waals surface area contributed by atoms with Crippen LogP contribution in [0.3, 0.4) is 0 Å². The van der Waals surface area contributed by atoms with Crippen LogP contribution in [0.25, 0.3) is 0 Å². The Balaban J connectivity index is 1.84. The van der Waals surface area contributed by atoms with Crippen molar-refractivity contribution in [2.45, 2.75) is 13.3 Å². The lowest BCUT2D eigenvalue weighted by Gasteiger charge is -2.10. The molecule has 0 spiro atoms. The number of rotatable bonds is 11. The minimum absolute atomic E-state index is 0.255. The molecule has 0 saturated carbocycles. The normalized spacial score (nSPS) is 10.3. The third-order valence-corrected chi connectivity index (χ3v) is 3.93. The van der Waals surface area contributed by atoms with Crippen molar-refractivity contribution in [3.63, 3.8) is 0 Å². The van der Waals surface area contributed by atoms with Crippen LogP contribution in [0.4, 0.5) is 5.69 Å². The number of hydrazone groups is 1. The number of hydrogen-bond acceptors (Lipinski definition) is 8. The van der Waals surface area contributed by atoms with E-state index >= 15 is 0 Å². The molecular formula is C22H25N3O7. The maximum atomic E-state index is 12.0. The monoisotopic (exact) mass is 443 g/mol. The highest BCUT2D eigenvalue weighted by molar-refractivity contribution is 6.03. The number of ether oxygens (including phenoxy) is 4. The van der Waals surface area contributed by atoms with Gasteiger partial charge in [0.05, 0.1) is 27.0 Å². The summed E-state index contributed by atoms with van der Waals surface area (Å²) in [6.45, 7) is 2.17. The van der Waals surface area contributed by atoms with Gasteiger partial charge in [0, 0.05) is 5.69 Å². The largest absolute Gasteiger partial charge is 0.494 e. The fourth-order valence-electron chi connectivity index (χ4n) is 2.45. The van der Waals surface area contributed by atoms with E-state index in [0.717, 1.165) is 0 Å². The summed E-state index contributed by atoms with van der Waals surface area (Å²) < 4.78 is 20.4. The molecule has 0 fully saturated rings. The molecule has 0 unspecified atom stereocenters. The van der Waals surface area contributed by atoms with Crippen molar-refractivity contribution < 1.29 is 33.3 Å². The van der Waals surface area contributed by atoms with Gasteiger partial charge in [-0.15, -0.1) is 0 Å². The Labute approximate surface area is 185 Å². The van der Waals surface area contributed by atoms with Crippen LogP contribution in [-0.4, -0.2) is 51.4 Å². The first-order valence-electron chi connectivity index (χ1n) is 9.67. The molecule has 2 aromatic rings. The van der Waals surface area contributed by atoms with Crippen molar-refractivity contribution in [2.75, 3.05) is 32.8 Å². The van der Waals surface area contributed by atoms with Crippen LogP contribution in [0.2, 0.25) is 0 Å². The third-order valence-electron chi connectivity index (χ3n) is 3.93. The minimum atomic E-state index is -0.574. The molecule has 0 aromatic heterocycles. The van der Waals surface area contributed by atoms with E-state index < -0.39 is 24.2 Å². The van der Waals surface area contributed by atoms with Gasteiger partial charge in [-0.05, 0) is 55.0 Å². The number of amides is 2. The standard InChI is InChI=1S/C22H25N3O7/c1-4-31-17-8-6-16(7-9-17)24-20(26)12-21(27)25-23-13-15-5-10-18(19(11-15)29-2)32-14-22(28)30-3/h5-11,13H,4,12,14H2,1-3H3,(H,24,26)(H,25,27). The zero-order chi connectivity index (χ0) is 23.3. The van der Waals surface area contributed by atoms with Gasteiger partial charge in [0.25, 0.3) is 0 Å². The van der Waals surface area contributed by atoms with Crippen molar-refractivity contribution in [1.29, 1.82) is 0 Å².